The van der Waals surface area contributed by atoms with Crippen LogP contribution in [-0.4, -0.2) is 34.0 Å². The number of benzene rings is 2. The van der Waals surface area contributed by atoms with Gasteiger partial charge in [0, 0.05) is 17.4 Å². The van der Waals surface area contributed by atoms with Gasteiger partial charge in [0.1, 0.15) is 17.6 Å². The lowest BCUT2D eigenvalue weighted by atomic mass is 10.0. The van der Waals surface area contributed by atoms with Crippen LogP contribution in [0.3, 0.4) is 0 Å². The Morgan fingerprint density at radius 1 is 1.20 bits per heavy atom. The Labute approximate surface area is 177 Å². The summed E-state index contributed by atoms with van der Waals surface area (Å²) in [5, 5.41) is 17.2. The van der Waals surface area contributed by atoms with Crippen molar-refractivity contribution in [3.05, 3.63) is 52.7 Å². The normalized spacial score (nSPS) is 13.9. The number of fused-ring (bicyclic) bond motifs is 2. The molecule has 0 saturated heterocycles. The number of ether oxygens (including phenoxy) is 1. The number of nitrogens with zero attached hydrogens (tertiary/aromatic N) is 1. The van der Waals surface area contributed by atoms with Crippen LogP contribution >= 0.6 is 0 Å². The maximum Gasteiger partial charge on any atom is 0.157 e. The molecule has 0 amide bonds. The summed E-state index contributed by atoms with van der Waals surface area (Å²) in [4.78, 5) is 21.6. The number of aryl methyl sites for hydroxylation is 1. The van der Waals surface area contributed by atoms with E-state index in [4.69, 9.17) is 4.74 Å². The summed E-state index contributed by atoms with van der Waals surface area (Å²) in [7, 11) is 0. The number of carbonyl (C=O) groups excluding carboxylic acids is 2. The van der Waals surface area contributed by atoms with E-state index >= 15 is 0 Å². The van der Waals surface area contributed by atoms with Crippen LogP contribution in [0.15, 0.2) is 30.5 Å². The lowest BCUT2D eigenvalue weighted by Gasteiger charge is -2.09. The lowest BCUT2D eigenvalue weighted by molar-refractivity contribution is 0.111. The van der Waals surface area contributed by atoms with Gasteiger partial charge in [-0.05, 0) is 42.2 Å². The molecule has 6 heteroatoms. The fourth-order valence-electron chi connectivity index (χ4n) is 3.43. The molecule has 3 aromatic rings. The van der Waals surface area contributed by atoms with Crippen LogP contribution in [0.2, 0.25) is 0 Å². The number of aldehydes is 2. The van der Waals surface area contributed by atoms with Gasteiger partial charge < -0.3 is 9.84 Å². The first-order valence-corrected chi connectivity index (χ1v) is 10.5. The van der Waals surface area contributed by atoms with E-state index in [0.717, 1.165) is 54.0 Å². The van der Waals surface area contributed by atoms with Crippen LogP contribution in [-0.2, 0) is 12.8 Å². The Hall–Kier alpha value is -3.15. The molecule has 2 N–H and O–H groups in total. The van der Waals surface area contributed by atoms with Gasteiger partial charge in [-0.2, -0.15) is 5.10 Å². The number of hydrogen-bond donors (Lipinski definition) is 2. The van der Waals surface area contributed by atoms with Gasteiger partial charge in [-0.25, -0.2) is 0 Å². The zero-order valence-corrected chi connectivity index (χ0v) is 18.1. The number of nitrogens with one attached hydrogen (secondary N) is 1. The topological polar surface area (TPSA) is 92.3 Å². The van der Waals surface area contributed by atoms with Crippen molar-refractivity contribution in [1.29, 1.82) is 0 Å². The van der Waals surface area contributed by atoms with E-state index in [1.165, 1.54) is 0 Å². The van der Waals surface area contributed by atoms with Crippen molar-refractivity contribution in [2.75, 3.05) is 0 Å². The zero-order chi connectivity index (χ0) is 22.1. The van der Waals surface area contributed by atoms with Crippen LogP contribution in [0.5, 0.6) is 11.5 Å². The summed E-state index contributed by atoms with van der Waals surface area (Å²) in [6, 6.07) is 7.33. The third kappa shape index (κ3) is 5.06. The zero-order valence-electron chi connectivity index (χ0n) is 18.1. The monoisotopic (exact) mass is 410 g/mol. The molecule has 0 radical (unpaired) electrons. The molecule has 0 spiro atoms. The van der Waals surface area contributed by atoms with Crippen molar-refractivity contribution < 1.29 is 19.4 Å². The second-order valence-corrected chi connectivity index (χ2v) is 6.83. The molecule has 0 aliphatic carbocycles. The van der Waals surface area contributed by atoms with Crippen LogP contribution in [0.1, 0.15) is 72.4 Å². The largest absolute Gasteiger partial charge is 0.507 e. The van der Waals surface area contributed by atoms with Gasteiger partial charge in [-0.1, -0.05) is 40.2 Å². The van der Waals surface area contributed by atoms with E-state index in [2.05, 4.69) is 24.0 Å². The van der Waals surface area contributed by atoms with Crippen molar-refractivity contribution in [3.63, 3.8) is 0 Å². The predicted molar refractivity (Wildman–Crippen MR) is 119 cm³/mol. The second-order valence-electron chi connectivity index (χ2n) is 6.83. The highest BCUT2D eigenvalue weighted by Crippen LogP contribution is 2.37. The van der Waals surface area contributed by atoms with Crippen LogP contribution < -0.4 is 4.74 Å². The van der Waals surface area contributed by atoms with E-state index in [0.29, 0.717) is 17.6 Å². The van der Waals surface area contributed by atoms with Crippen molar-refractivity contribution in [2.45, 2.75) is 59.5 Å². The molecular formula is C24H30N2O4. The number of aromatic hydroxyl groups is 1. The van der Waals surface area contributed by atoms with Crippen LogP contribution in [0, 0.1) is 0 Å². The maximum absolute atomic E-state index is 10.8. The average Bonchev–Trinajstić information content (AvgIpc) is 3.41. The third-order valence-electron chi connectivity index (χ3n) is 4.89. The van der Waals surface area contributed by atoms with Gasteiger partial charge in [0.15, 0.2) is 12.6 Å². The molecule has 0 fully saturated rings. The highest BCUT2D eigenvalue weighted by Gasteiger charge is 2.26. The minimum absolute atomic E-state index is 0.000832. The Kier molecular flexibility index (Phi) is 8.59. The number of rotatable bonds is 5. The standard InChI is InChI=1S/C12H14O3.C10H10N2O.C2H6/c1-2-3-9-6-8-4-5-11(14)10(7-13)12(8)15-9;1-2-7-3-8-5-11-12-10(8)9(4-7)6-13;1-2/h4-5,7,9,14H,2-3,6H2,1H3;3-6H,2H2,1H3,(H,11,12);1-2H3. The van der Waals surface area contributed by atoms with Crippen molar-refractivity contribution in [1.82, 2.24) is 10.2 Å². The summed E-state index contributed by atoms with van der Waals surface area (Å²) in [6.07, 6.45) is 7.22. The molecule has 0 bridgehead atoms. The summed E-state index contributed by atoms with van der Waals surface area (Å²) in [6.45, 7) is 8.17. The number of carbonyl (C=O) groups is 2. The van der Waals surface area contributed by atoms with Crippen molar-refractivity contribution >= 4 is 23.5 Å². The van der Waals surface area contributed by atoms with Crippen molar-refractivity contribution in [2.24, 2.45) is 0 Å². The summed E-state index contributed by atoms with van der Waals surface area (Å²) in [5.41, 5.74) is 3.98. The van der Waals surface area contributed by atoms with E-state index in [9.17, 15) is 14.7 Å². The van der Waals surface area contributed by atoms with Gasteiger partial charge in [-0.3, -0.25) is 14.7 Å². The summed E-state index contributed by atoms with van der Waals surface area (Å²) in [5.74, 6) is 0.573. The first-order valence-electron chi connectivity index (χ1n) is 10.5. The highest BCUT2D eigenvalue weighted by atomic mass is 16.5. The number of phenolic OH excluding ortho intramolecular Hbond substituents is 1. The first-order chi connectivity index (χ1) is 14.6. The number of aromatic amines is 1. The molecule has 2 aromatic carbocycles. The molecule has 1 aromatic heterocycles. The smallest absolute Gasteiger partial charge is 0.157 e. The first kappa shape index (κ1) is 23.1. The molecule has 4 rings (SSSR count). The molecule has 1 unspecified atom stereocenters. The Bertz CT molecular complexity index is 994. The fourth-order valence-corrected chi connectivity index (χ4v) is 3.43. The minimum atomic E-state index is 0.000832. The lowest BCUT2D eigenvalue weighted by Crippen LogP contribution is -2.11. The Balaban J connectivity index is 0.000000199. The van der Waals surface area contributed by atoms with E-state index in [1.54, 1.807) is 12.3 Å². The fraction of sp³-hybridized carbons (Fsp3) is 0.375. The Morgan fingerprint density at radius 3 is 2.60 bits per heavy atom. The molecule has 1 atom stereocenters. The maximum atomic E-state index is 10.8. The quantitative estimate of drug-likeness (QED) is 0.559. The molecule has 160 valence electrons. The molecule has 6 nitrogen and oxygen atoms in total. The summed E-state index contributed by atoms with van der Waals surface area (Å²) >= 11 is 0. The molecular weight excluding hydrogens is 380 g/mol. The number of aromatic nitrogens is 2. The van der Waals surface area contributed by atoms with E-state index < -0.39 is 0 Å². The van der Waals surface area contributed by atoms with Crippen LogP contribution in [0.4, 0.5) is 0 Å². The van der Waals surface area contributed by atoms with Crippen LogP contribution in [0.25, 0.3) is 10.9 Å². The van der Waals surface area contributed by atoms with Gasteiger partial charge in [-0.15, -0.1) is 0 Å². The molecule has 1 aliphatic rings. The number of hydrogen-bond acceptors (Lipinski definition) is 5. The van der Waals surface area contributed by atoms with Gasteiger partial charge >= 0.3 is 0 Å². The second kappa shape index (κ2) is 11.1. The predicted octanol–water partition coefficient (Wildman–Crippen LogP) is 5.27. The third-order valence-corrected chi connectivity index (χ3v) is 4.89. The Morgan fingerprint density at radius 2 is 1.97 bits per heavy atom. The van der Waals surface area contributed by atoms with Gasteiger partial charge in [0.05, 0.1) is 17.3 Å². The highest BCUT2D eigenvalue weighted by molar-refractivity contribution is 5.95. The minimum Gasteiger partial charge on any atom is -0.507 e. The van der Waals surface area contributed by atoms with Gasteiger partial charge in [0.25, 0.3) is 0 Å². The van der Waals surface area contributed by atoms with E-state index in [1.807, 2.05) is 32.0 Å². The molecule has 30 heavy (non-hydrogen) atoms. The SMILES string of the molecule is CC.CCCC1Cc2ccc(O)c(C=O)c2O1.CCc1cc(C=O)c2[nH]ncc2c1. The van der Waals surface area contributed by atoms with Gasteiger partial charge in [0.2, 0.25) is 0 Å². The average molecular weight is 411 g/mol. The number of H-pyrrole nitrogens is 1. The van der Waals surface area contributed by atoms with Crippen molar-refractivity contribution in [3.8, 4) is 11.5 Å². The molecule has 0 saturated carbocycles. The number of phenols is 1. The molecule has 2 heterocycles. The summed E-state index contributed by atoms with van der Waals surface area (Å²) < 4.78 is 5.66. The van der Waals surface area contributed by atoms with E-state index in [-0.39, 0.29) is 17.4 Å². The molecule has 1 aliphatic heterocycles.